The molecule has 1 rings (SSSR count). The lowest BCUT2D eigenvalue weighted by Crippen LogP contribution is -2.51. The molecule has 1 aliphatic rings. The number of carbonyl (C=O) groups excluding carboxylic acids is 1. The summed E-state index contributed by atoms with van der Waals surface area (Å²) in [6.07, 6.45) is 5.81. The van der Waals surface area contributed by atoms with Crippen LogP contribution in [0.2, 0.25) is 0 Å². The first-order chi connectivity index (χ1) is 8.51. The minimum Gasteiger partial charge on any atom is -0.368 e. The molecular formula is C14H29N3O. The molecule has 1 unspecified atom stereocenters. The molecule has 106 valence electrons. The van der Waals surface area contributed by atoms with Crippen molar-refractivity contribution in [2.45, 2.75) is 51.5 Å². The summed E-state index contributed by atoms with van der Waals surface area (Å²) in [6.45, 7) is 7.68. The highest BCUT2D eigenvalue weighted by Crippen LogP contribution is 2.20. The molecule has 1 atom stereocenters. The number of amides is 1. The molecule has 0 spiro atoms. The van der Waals surface area contributed by atoms with Gasteiger partial charge in [-0.25, -0.2) is 0 Å². The van der Waals surface area contributed by atoms with Crippen molar-refractivity contribution in [2.24, 2.45) is 11.7 Å². The third kappa shape index (κ3) is 4.25. The summed E-state index contributed by atoms with van der Waals surface area (Å²) in [5.41, 5.74) is 4.87. The fraction of sp³-hybridized carbons (Fsp3) is 0.929. The molecule has 4 heteroatoms. The molecule has 0 radical (unpaired) electrons. The van der Waals surface area contributed by atoms with Crippen molar-refractivity contribution in [2.75, 3.05) is 26.7 Å². The quantitative estimate of drug-likeness (QED) is 0.722. The summed E-state index contributed by atoms with van der Waals surface area (Å²) >= 11 is 0. The van der Waals surface area contributed by atoms with Gasteiger partial charge in [0.15, 0.2) is 0 Å². The molecule has 0 saturated carbocycles. The van der Waals surface area contributed by atoms with Crippen LogP contribution >= 0.6 is 0 Å². The van der Waals surface area contributed by atoms with Crippen LogP contribution in [0.25, 0.3) is 0 Å². The van der Waals surface area contributed by atoms with Crippen LogP contribution in [0, 0.1) is 5.92 Å². The van der Waals surface area contributed by atoms with Crippen molar-refractivity contribution in [3.63, 3.8) is 0 Å². The van der Waals surface area contributed by atoms with E-state index in [2.05, 4.69) is 17.1 Å². The highest BCUT2D eigenvalue weighted by molar-refractivity contribution is 5.84. The standard InChI is InChI=1S/C14H29N3O/c1-4-12-6-10-17(11-7-12)9-5-8-14(2,16-3)13(15)18/h12,16H,4-11H2,1-3H3,(H2,15,18). The maximum Gasteiger partial charge on any atom is 0.237 e. The summed E-state index contributed by atoms with van der Waals surface area (Å²) < 4.78 is 0. The van der Waals surface area contributed by atoms with Gasteiger partial charge in [-0.1, -0.05) is 13.3 Å². The molecule has 1 amide bonds. The lowest BCUT2D eigenvalue weighted by Gasteiger charge is -2.32. The Balaban J connectivity index is 2.24. The number of likely N-dealkylation sites (N-methyl/N-ethyl adjacent to an activating group) is 1. The second-order valence-electron chi connectivity index (χ2n) is 5.74. The maximum atomic E-state index is 11.4. The van der Waals surface area contributed by atoms with Crippen LogP contribution in [0.3, 0.4) is 0 Å². The Morgan fingerprint density at radius 3 is 2.50 bits per heavy atom. The minimum atomic E-state index is -0.554. The number of piperidine rings is 1. The zero-order valence-corrected chi connectivity index (χ0v) is 12.2. The third-order valence-corrected chi connectivity index (χ3v) is 4.53. The maximum absolute atomic E-state index is 11.4. The molecule has 4 nitrogen and oxygen atoms in total. The average Bonchev–Trinajstić information content (AvgIpc) is 2.39. The zero-order chi connectivity index (χ0) is 13.6. The zero-order valence-electron chi connectivity index (χ0n) is 12.2. The molecule has 1 aliphatic heterocycles. The van der Waals surface area contributed by atoms with E-state index in [-0.39, 0.29) is 5.91 Å². The van der Waals surface area contributed by atoms with Crippen LogP contribution in [0.1, 0.15) is 46.0 Å². The Labute approximate surface area is 111 Å². The molecule has 0 aliphatic carbocycles. The van der Waals surface area contributed by atoms with Gasteiger partial charge in [0.25, 0.3) is 0 Å². The van der Waals surface area contributed by atoms with E-state index in [9.17, 15) is 4.79 Å². The van der Waals surface area contributed by atoms with Gasteiger partial charge in [0, 0.05) is 0 Å². The van der Waals surface area contributed by atoms with Crippen molar-refractivity contribution in [3.05, 3.63) is 0 Å². The number of rotatable bonds is 7. The summed E-state index contributed by atoms with van der Waals surface area (Å²) in [4.78, 5) is 13.9. The highest BCUT2D eigenvalue weighted by atomic mass is 16.1. The predicted octanol–water partition coefficient (Wildman–Crippen LogP) is 1.35. The van der Waals surface area contributed by atoms with Crippen LogP contribution < -0.4 is 11.1 Å². The van der Waals surface area contributed by atoms with Crippen LogP contribution in [-0.4, -0.2) is 43.0 Å². The van der Waals surface area contributed by atoms with E-state index in [0.29, 0.717) is 0 Å². The Hall–Kier alpha value is -0.610. The average molecular weight is 255 g/mol. The smallest absolute Gasteiger partial charge is 0.237 e. The van der Waals surface area contributed by atoms with E-state index in [1.807, 2.05) is 6.92 Å². The van der Waals surface area contributed by atoms with Gasteiger partial charge in [-0.15, -0.1) is 0 Å². The lowest BCUT2D eigenvalue weighted by molar-refractivity contribution is -0.123. The van der Waals surface area contributed by atoms with Gasteiger partial charge in [-0.2, -0.15) is 0 Å². The molecule has 0 aromatic rings. The number of nitrogens with one attached hydrogen (secondary N) is 1. The van der Waals surface area contributed by atoms with E-state index < -0.39 is 5.54 Å². The summed E-state index contributed by atoms with van der Waals surface area (Å²) in [7, 11) is 1.80. The van der Waals surface area contributed by atoms with Crippen LogP contribution in [0.15, 0.2) is 0 Å². The fourth-order valence-electron chi connectivity index (χ4n) is 2.65. The Morgan fingerprint density at radius 2 is 2.06 bits per heavy atom. The molecule has 1 saturated heterocycles. The number of nitrogens with two attached hydrogens (primary N) is 1. The van der Waals surface area contributed by atoms with Gasteiger partial charge in [-0.05, 0) is 65.2 Å². The molecule has 3 N–H and O–H groups in total. The molecule has 18 heavy (non-hydrogen) atoms. The second-order valence-corrected chi connectivity index (χ2v) is 5.74. The van der Waals surface area contributed by atoms with Crippen molar-refractivity contribution in [1.29, 1.82) is 0 Å². The lowest BCUT2D eigenvalue weighted by atomic mass is 9.93. The molecular weight excluding hydrogens is 226 g/mol. The largest absolute Gasteiger partial charge is 0.368 e. The van der Waals surface area contributed by atoms with Crippen LogP contribution in [-0.2, 0) is 4.79 Å². The summed E-state index contributed by atoms with van der Waals surface area (Å²) in [5.74, 6) is 0.670. The number of primary amides is 1. The van der Waals surface area contributed by atoms with Crippen molar-refractivity contribution < 1.29 is 4.79 Å². The van der Waals surface area contributed by atoms with Gasteiger partial charge in [0.1, 0.15) is 0 Å². The van der Waals surface area contributed by atoms with Crippen LogP contribution in [0.4, 0.5) is 0 Å². The van der Waals surface area contributed by atoms with Crippen molar-refractivity contribution >= 4 is 5.91 Å². The third-order valence-electron chi connectivity index (χ3n) is 4.53. The molecule has 1 fully saturated rings. The molecule has 0 aromatic heterocycles. The minimum absolute atomic E-state index is 0.255. The number of hydrogen-bond donors (Lipinski definition) is 2. The van der Waals surface area contributed by atoms with Crippen molar-refractivity contribution in [1.82, 2.24) is 10.2 Å². The first kappa shape index (κ1) is 15.4. The Bertz CT molecular complexity index is 262. The predicted molar refractivity (Wildman–Crippen MR) is 75.3 cm³/mol. The number of likely N-dealkylation sites (tertiary alicyclic amines) is 1. The first-order valence-electron chi connectivity index (χ1n) is 7.23. The van der Waals surface area contributed by atoms with Gasteiger partial charge < -0.3 is 16.0 Å². The number of hydrogen-bond acceptors (Lipinski definition) is 3. The van der Waals surface area contributed by atoms with Crippen LogP contribution in [0.5, 0.6) is 0 Å². The topological polar surface area (TPSA) is 58.4 Å². The number of nitrogens with zero attached hydrogens (tertiary/aromatic N) is 1. The Kier molecular flexibility index (Phi) is 6.09. The monoisotopic (exact) mass is 255 g/mol. The van der Waals surface area contributed by atoms with Gasteiger partial charge in [0.2, 0.25) is 5.91 Å². The van der Waals surface area contributed by atoms with Gasteiger partial charge in [0.05, 0.1) is 5.54 Å². The Morgan fingerprint density at radius 1 is 1.44 bits per heavy atom. The second kappa shape index (κ2) is 7.10. The molecule has 0 bridgehead atoms. The normalized spacial score (nSPS) is 21.7. The molecule has 1 heterocycles. The van der Waals surface area contributed by atoms with Crippen molar-refractivity contribution in [3.8, 4) is 0 Å². The van der Waals surface area contributed by atoms with E-state index in [0.717, 1.165) is 25.3 Å². The van der Waals surface area contributed by atoms with Gasteiger partial charge in [-0.3, -0.25) is 4.79 Å². The number of carbonyl (C=O) groups is 1. The van der Waals surface area contributed by atoms with E-state index in [1.165, 1.54) is 32.4 Å². The van der Waals surface area contributed by atoms with Gasteiger partial charge >= 0.3 is 0 Å². The van der Waals surface area contributed by atoms with E-state index >= 15 is 0 Å². The summed E-state index contributed by atoms with van der Waals surface area (Å²) in [6, 6.07) is 0. The van der Waals surface area contributed by atoms with E-state index in [4.69, 9.17) is 5.73 Å². The highest BCUT2D eigenvalue weighted by Gasteiger charge is 2.28. The fourth-order valence-corrected chi connectivity index (χ4v) is 2.65. The first-order valence-corrected chi connectivity index (χ1v) is 7.23. The SMILES string of the molecule is CCC1CCN(CCCC(C)(NC)C(N)=O)CC1. The molecule has 0 aromatic carbocycles. The van der Waals surface area contributed by atoms with E-state index in [1.54, 1.807) is 7.05 Å². The summed E-state index contributed by atoms with van der Waals surface area (Å²) in [5, 5.41) is 3.04.